The van der Waals surface area contributed by atoms with Crippen LogP contribution in [-0.2, 0) is 11.2 Å². The molecule has 0 fully saturated rings. The van der Waals surface area contributed by atoms with E-state index in [-0.39, 0.29) is 11.1 Å². The van der Waals surface area contributed by atoms with E-state index < -0.39 is 23.0 Å². The minimum absolute atomic E-state index is 0.192. The maximum Gasteiger partial charge on any atom is 0.252 e. The number of aromatic amines is 2. The Morgan fingerprint density at radius 2 is 0.806 bits per heavy atom. The van der Waals surface area contributed by atoms with Crippen molar-refractivity contribution < 1.29 is 10.2 Å². The number of hydrogen-bond donors (Lipinski definition) is 4. The molecule has 0 amide bonds. The number of fused-ring (bicyclic) bond motifs is 4. The van der Waals surface area contributed by atoms with Gasteiger partial charge in [-0.05, 0) is 144 Å². The van der Waals surface area contributed by atoms with Crippen molar-refractivity contribution in [2.75, 3.05) is 41.3 Å². The summed E-state index contributed by atoms with van der Waals surface area (Å²) in [6.07, 6.45) is 0.896. The normalized spacial score (nSPS) is 14.2. The second kappa shape index (κ2) is 21.7. The Kier molecular flexibility index (Phi) is 15.2. The summed E-state index contributed by atoms with van der Waals surface area (Å²) < 4.78 is 1.86. The van der Waals surface area contributed by atoms with Crippen molar-refractivity contribution >= 4 is 75.2 Å². The highest BCUT2D eigenvalue weighted by molar-refractivity contribution is 9.10. The van der Waals surface area contributed by atoms with E-state index in [0.29, 0.717) is 37.1 Å². The maximum absolute atomic E-state index is 13.6. The van der Waals surface area contributed by atoms with Crippen LogP contribution in [0.4, 0.5) is 0 Å². The lowest BCUT2D eigenvalue weighted by Crippen LogP contribution is -2.39. The molecule has 2 heterocycles. The molecule has 0 unspecified atom stereocenters. The van der Waals surface area contributed by atoms with Gasteiger partial charge in [0.2, 0.25) is 0 Å². The predicted molar refractivity (Wildman–Crippen MR) is 303 cm³/mol. The zero-order chi connectivity index (χ0) is 50.6. The van der Waals surface area contributed by atoms with Gasteiger partial charge < -0.3 is 30.0 Å². The SMILES string of the molecule is CN(C)CC[C@@](O)(c1cccc2ccccc12)[C@H](c1ccccc1)c1cc2cc(Br)ccc2[nH]c1=O.CN(C)CC[C@](O)(c1cccc2ccccc12)[C@@H](c1ccccc1)c1cc2cc(Br)ccc2[nH]c1=O. The molecule has 4 atom stereocenters. The number of aromatic nitrogens is 2. The number of halogens is 2. The summed E-state index contributed by atoms with van der Waals surface area (Å²) in [6.45, 7) is 1.31. The molecular weight excluding hydrogens is 1020 g/mol. The van der Waals surface area contributed by atoms with Crippen LogP contribution >= 0.6 is 31.9 Å². The lowest BCUT2D eigenvalue weighted by Gasteiger charge is -2.39. The number of hydrogen-bond acceptors (Lipinski definition) is 6. The highest BCUT2D eigenvalue weighted by atomic mass is 79.9. The molecule has 0 spiro atoms. The second-order valence-corrected chi connectivity index (χ2v) is 21.1. The van der Waals surface area contributed by atoms with Crippen LogP contribution in [0, 0.1) is 0 Å². The van der Waals surface area contributed by atoms with Crippen LogP contribution in [0.1, 0.15) is 58.1 Å². The molecule has 0 aliphatic heterocycles. The third-order valence-corrected chi connectivity index (χ3v) is 14.9. The number of benzene rings is 8. The van der Waals surface area contributed by atoms with Gasteiger partial charge in [-0.2, -0.15) is 0 Å². The number of nitrogens with zero attached hydrogens (tertiary/aromatic N) is 2. The summed E-state index contributed by atoms with van der Waals surface area (Å²) in [7, 11) is 8.01. The largest absolute Gasteiger partial charge is 0.384 e. The van der Waals surface area contributed by atoms with E-state index in [0.717, 1.165) is 74.5 Å². The Hall–Kier alpha value is -6.50. The van der Waals surface area contributed by atoms with Crippen LogP contribution in [0.15, 0.2) is 213 Å². The summed E-state index contributed by atoms with van der Waals surface area (Å²) in [5, 5.41) is 31.6. The van der Waals surface area contributed by atoms with Crippen molar-refractivity contribution in [3.8, 4) is 0 Å². The molecule has 0 aliphatic carbocycles. The average Bonchev–Trinajstić information content (AvgIpc) is 3.38. The molecule has 10 rings (SSSR count). The standard InChI is InChI=1S/2C31H29BrN2O2/c2*1-34(2)18-17-31(36,27-14-8-12-21-9-6-7-13-25(21)27)29(22-10-4-3-5-11-22)26-20-23-19-24(32)15-16-28(23)33-30(26)35/h2*3-16,19-20,29,36H,17-18H2,1-2H3,(H,33,35)/t2*29-,31-/m10/s1. The third kappa shape index (κ3) is 10.5. The minimum atomic E-state index is -1.35. The number of H-pyrrole nitrogens is 2. The molecule has 0 saturated carbocycles. The van der Waals surface area contributed by atoms with Gasteiger partial charge in [0.1, 0.15) is 11.2 Å². The fourth-order valence-corrected chi connectivity index (χ4v) is 11.2. The van der Waals surface area contributed by atoms with Gasteiger partial charge in [0.05, 0.1) is 0 Å². The zero-order valence-electron chi connectivity index (χ0n) is 40.8. The summed E-state index contributed by atoms with van der Waals surface area (Å²) in [4.78, 5) is 37.5. The van der Waals surface area contributed by atoms with Crippen molar-refractivity contribution in [1.82, 2.24) is 19.8 Å². The van der Waals surface area contributed by atoms with Crippen LogP contribution in [0.3, 0.4) is 0 Å². The van der Waals surface area contributed by atoms with E-state index >= 15 is 0 Å². The van der Waals surface area contributed by atoms with E-state index in [1.165, 1.54) is 0 Å². The van der Waals surface area contributed by atoms with Gasteiger partial charge in [0.15, 0.2) is 0 Å². The molecule has 0 radical (unpaired) electrons. The molecule has 0 saturated heterocycles. The van der Waals surface area contributed by atoms with Crippen molar-refractivity contribution in [1.29, 1.82) is 0 Å². The van der Waals surface area contributed by atoms with Gasteiger partial charge in [-0.15, -0.1) is 0 Å². The highest BCUT2D eigenvalue weighted by Gasteiger charge is 2.44. The topological polar surface area (TPSA) is 113 Å². The monoisotopic (exact) mass is 1080 g/mol. The van der Waals surface area contributed by atoms with E-state index in [1.54, 1.807) is 0 Å². The summed E-state index contributed by atoms with van der Waals surface area (Å²) in [6, 6.07) is 63.5. The Balaban J connectivity index is 0.000000178. The number of rotatable bonds is 14. The van der Waals surface area contributed by atoms with Gasteiger partial charge in [0, 0.05) is 56.0 Å². The number of aliphatic hydroxyl groups is 2. The van der Waals surface area contributed by atoms with Gasteiger partial charge in [-0.3, -0.25) is 9.59 Å². The first-order valence-corrected chi connectivity index (χ1v) is 25.8. The zero-order valence-corrected chi connectivity index (χ0v) is 44.0. The van der Waals surface area contributed by atoms with Gasteiger partial charge >= 0.3 is 0 Å². The first-order valence-electron chi connectivity index (χ1n) is 24.2. The van der Waals surface area contributed by atoms with E-state index in [2.05, 4.69) is 88.0 Å². The Labute approximate surface area is 436 Å². The lowest BCUT2D eigenvalue weighted by molar-refractivity contribution is 0.00524. The van der Waals surface area contributed by atoms with E-state index in [4.69, 9.17) is 0 Å². The summed E-state index contributed by atoms with van der Waals surface area (Å²) in [5.74, 6) is -1.17. The molecule has 10 aromatic rings. The van der Waals surface area contributed by atoms with Gasteiger partial charge in [-0.1, -0.05) is 177 Å². The fraction of sp³-hybridized carbons (Fsp3) is 0.194. The fourth-order valence-electron chi connectivity index (χ4n) is 10.4. The van der Waals surface area contributed by atoms with Crippen molar-refractivity contribution in [2.24, 2.45) is 0 Å². The second-order valence-electron chi connectivity index (χ2n) is 19.3. The maximum atomic E-state index is 13.6. The van der Waals surface area contributed by atoms with Crippen molar-refractivity contribution in [2.45, 2.75) is 35.9 Å². The van der Waals surface area contributed by atoms with E-state index in [9.17, 15) is 19.8 Å². The van der Waals surface area contributed by atoms with Gasteiger partial charge in [0.25, 0.3) is 11.1 Å². The predicted octanol–water partition coefficient (Wildman–Crippen LogP) is 12.8. The average molecular weight is 1080 g/mol. The molecule has 8 aromatic carbocycles. The first kappa shape index (κ1) is 50.4. The molecule has 0 bridgehead atoms. The quantitative estimate of drug-likeness (QED) is 0.0863. The lowest BCUT2D eigenvalue weighted by atomic mass is 9.70. The molecular formula is C62H58Br2N4O4. The number of nitrogens with one attached hydrogen (secondary N) is 2. The molecule has 4 N–H and O–H groups in total. The van der Waals surface area contributed by atoms with Crippen molar-refractivity contribution in [3.05, 3.63) is 257 Å². The summed E-state index contributed by atoms with van der Waals surface area (Å²) in [5.41, 5.74) is 2.97. The van der Waals surface area contributed by atoms with Crippen LogP contribution in [0.2, 0.25) is 0 Å². The Bertz CT molecular complexity index is 3390. The van der Waals surface area contributed by atoms with Crippen LogP contribution < -0.4 is 11.1 Å². The molecule has 2 aromatic heterocycles. The molecule has 72 heavy (non-hydrogen) atoms. The molecule has 10 heteroatoms. The van der Waals surface area contributed by atoms with Crippen LogP contribution in [0.5, 0.6) is 0 Å². The van der Waals surface area contributed by atoms with E-state index in [1.807, 2.05) is 186 Å². The third-order valence-electron chi connectivity index (χ3n) is 13.9. The smallest absolute Gasteiger partial charge is 0.252 e. The molecule has 0 aliphatic rings. The van der Waals surface area contributed by atoms with Crippen LogP contribution in [0.25, 0.3) is 43.4 Å². The highest BCUT2D eigenvalue weighted by Crippen LogP contribution is 2.48. The number of pyridine rings is 2. The molecule has 8 nitrogen and oxygen atoms in total. The first-order chi connectivity index (χ1) is 34.7. The van der Waals surface area contributed by atoms with Crippen molar-refractivity contribution in [3.63, 3.8) is 0 Å². The Morgan fingerprint density at radius 3 is 1.19 bits per heavy atom. The summed E-state index contributed by atoms with van der Waals surface area (Å²) >= 11 is 7.11. The van der Waals surface area contributed by atoms with Crippen LogP contribution in [-0.4, -0.2) is 71.3 Å². The molecule has 364 valence electrons. The minimum Gasteiger partial charge on any atom is -0.384 e. The Morgan fingerprint density at radius 1 is 0.444 bits per heavy atom. The van der Waals surface area contributed by atoms with Gasteiger partial charge in [-0.25, -0.2) is 0 Å².